The van der Waals surface area contributed by atoms with Crippen molar-refractivity contribution < 1.29 is 34.2 Å². The first-order valence-corrected chi connectivity index (χ1v) is 14.2. The number of rotatable bonds is 10. The summed E-state index contributed by atoms with van der Waals surface area (Å²) in [5, 5.41) is 27.5. The molecule has 0 unspecified atom stereocenters. The van der Waals surface area contributed by atoms with Gasteiger partial charge < -0.3 is 31.1 Å². The summed E-state index contributed by atoms with van der Waals surface area (Å²) in [6.45, 7) is 5.14. The van der Waals surface area contributed by atoms with Gasteiger partial charge in [0.1, 0.15) is 35.5 Å². The smallest absolute Gasteiger partial charge is 0.246 e. The van der Waals surface area contributed by atoms with Crippen LogP contribution in [0.25, 0.3) is 0 Å². The van der Waals surface area contributed by atoms with Gasteiger partial charge in [0.25, 0.3) is 0 Å². The summed E-state index contributed by atoms with van der Waals surface area (Å²) in [6.07, 6.45) is 2.71. The summed E-state index contributed by atoms with van der Waals surface area (Å²) < 4.78 is 0. The van der Waals surface area contributed by atoms with Gasteiger partial charge in [-0.25, -0.2) is 0 Å². The lowest BCUT2D eigenvalue weighted by Crippen LogP contribution is -2.65. The predicted molar refractivity (Wildman–Crippen MR) is 157 cm³/mol. The largest absolute Gasteiger partial charge is 0.508 e. The summed E-state index contributed by atoms with van der Waals surface area (Å²) in [5.41, 5.74) is -0.609. The van der Waals surface area contributed by atoms with Crippen LogP contribution >= 0.6 is 13.5 Å². The highest BCUT2D eigenvalue weighted by molar-refractivity contribution is 7.59. The minimum atomic E-state index is -1.33. The number of hydrogen-bond donors (Lipinski definition) is 5. The molecule has 5 N–H and O–H groups in total. The van der Waals surface area contributed by atoms with Crippen LogP contribution < -0.4 is 16.0 Å². The molecule has 11 nitrogen and oxygen atoms in total. The molecule has 2 heterocycles. The molecule has 1 aromatic rings. The van der Waals surface area contributed by atoms with E-state index in [1.807, 2.05) is 0 Å². The van der Waals surface area contributed by atoms with Gasteiger partial charge in [0.15, 0.2) is 5.78 Å². The van der Waals surface area contributed by atoms with Crippen molar-refractivity contribution in [3.63, 3.8) is 0 Å². The van der Waals surface area contributed by atoms with Crippen LogP contribution in [0.15, 0.2) is 24.3 Å². The van der Waals surface area contributed by atoms with Crippen molar-refractivity contribution >= 4 is 42.9 Å². The summed E-state index contributed by atoms with van der Waals surface area (Å²) in [4.78, 5) is 67.3. The van der Waals surface area contributed by atoms with Gasteiger partial charge in [-0.3, -0.25) is 24.0 Å². The van der Waals surface area contributed by atoms with Crippen LogP contribution in [0.1, 0.15) is 77.7 Å². The van der Waals surface area contributed by atoms with Crippen molar-refractivity contribution in [2.45, 2.75) is 108 Å². The molecule has 2 aliphatic heterocycles. The van der Waals surface area contributed by atoms with Crippen LogP contribution in [0.4, 0.5) is 0 Å². The van der Waals surface area contributed by atoms with Crippen LogP contribution in [0.2, 0.25) is 0 Å². The minimum absolute atomic E-state index is 0. The lowest BCUT2D eigenvalue weighted by molar-refractivity contribution is -0.144. The Balaban J connectivity index is 0.00000588. The van der Waals surface area contributed by atoms with E-state index in [4.69, 9.17) is 0 Å². The first-order chi connectivity index (χ1) is 18.9. The lowest BCUT2D eigenvalue weighted by Gasteiger charge is -2.36. The average Bonchev–Trinajstić information content (AvgIpc) is 3.41. The van der Waals surface area contributed by atoms with E-state index in [-0.39, 0.29) is 50.2 Å². The zero-order chi connectivity index (χ0) is 29.4. The summed E-state index contributed by atoms with van der Waals surface area (Å²) in [5.74, 6) is -1.93. The second-order valence-corrected chi connectivity index (χ2v) is 11.1. The van der Waals surface area contributed by atoms with E-state index in [0.29, 0.717) is 45.1 Å². The highest BCUT2D eigenvalue weighted by Crippen LogP contribution is 2.22. The third-order valence-corrected chi connectivity index (χ3v) is 7.94. The van der Waals surface area contributed by atoms with Crippen molar-refractivity contribution in [2.24, 2.45) is 0 Å². The second kappa shape index (κ2) is 15.2. The molecular weight excluding hydrogens is 548 g/mol. The van der Waals surface area contributed by atoms with Gasteiger partial charge >= 0.3 is 0 Å². The van der Waals surface area contributed by atoms with E-state index in [1.165, 1.54) is 24.0 Å². The Kier molecular flexibility index (Phi) is 12.6. The molecule has 0 saturated carbocycles. The third-order valence-electron chi connectivity index (χ3n) is 7.94. The monoisotopic (exact) mass is 592 g/mol. The van der Waals surface area contributed by atoms with Crippen LogP contribution in [-0.4, -0.2) is 80.8 Å². The van der Waals surface area contributed by atoms with Gasteiger partial charge in [0.2, 0.25) is 23.6 Å². The van der Waals surface area contributed by atoms with E-state index in [1.54, 1.807) is 26.0 Å². The molecule has 0 spiro atoms. The topological polar surface area (TPSA) is 165 Å². The molecule has 2 aliphatic rings. The van der Waals surface area contributed by atoms with Gasteiger partial charge in [-0.2, -0.15) is 13.5 Å². The summed E-state index contributed by atoms with van der Waals surface area (Å²) in [7, 11) is 0. The Morgan fingerprint density at radius 2 is 1.73 bits per heavy atom. The average molecular weight is 593 g/mol. The number of phenolic OH excluding ortho intramolecular Hbond substituents is 1. The molecule has 228 valence electrons. The van der Waals surface area contributed by atoms with Crippen molar-refractivity contribution in [1.29, 1.82) is 0 Å². The van der Waals surface area contributed by atoms with E-state index < -0.39 is 47.5 Å². The fraction of sp³-hybridized carbons (Fsp3) is 0.621. The normalized spacial score (nSPS) is 26.0. The Morgan fingerprint density at radius 1 is 1.05 bits per heavy atom. The van der Waals surface area contributed by atoms with Gasteiger partial charge in [0, 0.05) is 19.4 Å². The Morgan fingerprint density at radius 3 is 2.37 bits per heavy atom. The third kappa shape index (κ3) is 8.93. The summed E-state index contributed by atoms with van der Waals surface area (Å²) >= 11 is 0. The number of Topliss-reactive ketones (excluding diaryl/α,β-unsaturated/α-hetero) is 1. The van der Waals surface area contributed by atoms with Crippen molar-refractivity contribution in [1.82, 2.24) is 20.9 Å². The van der Waals surface area contributed by atoms with E-state index in [0.717, 1.165) is 5.56 Å². The number of aliphatic hydroxyl groups excluding tert-OH is 1. The molecule has 4 amide bonds. The first kappa shape index (κ1) is 34.1. The maximum absolute atomic E-state index is 13.7. The highest BCUT2D eigenvalue weighted by Gasteiger charge is 2.43. The van der Waals surface area contributed by atoms with E-state index in [9.17, 15) is 34.2 Å². The number of hydrogen-bond acceptors (Lipinski definition) is 7. The van der Waals surface area contributed by atoms with Crippen LogP contribution in [0.3, 0.4) is 0 Å². The van der Waals surface area contributed by atoms with Crippen molar-refractivity contribution in [2.75, 3.05) is 6.54 Å². The zero-order valence-corrected chi connectivity index (χ0v) is 25.1. The molecule has 1 aromatic carbocycles. The van der Waals surface area contributed by atoms with Crippen LogP contribution in [0.5, 0.6) is 5.75 Å². The van der Waals surface area contributed by atoms with Crippen molar-refractivity contribution in [3.05, 3.63) is 29.8 Å². The number of aromatic hydroxyl groups is 1. The quantitative estimate of drug-likeness (QED) is 0.255. The zero-order valence-electron chi connectivity index (χ0n) is 24.1. The number of unbranched alkanes of at least 4 members (excludes halogenated alkanes) is 2. The van der Waals surface area contributed by atoms with Crippen LogP contribution in [0, 0.1) is 0 Å². The number of nitrogens with one attached hydrogen (secondary N) is 3. The number of fused-ring (bicyclic) bond motifs is 1. The highest BCUT2D eigenvalue weighted by atomic mass is 32.1. The molecule has 0 radical (unpaired) electrons. The molecule has 41 heavy (non-hydrogen) atoms. The Hall–Kier alpha value is -3.12. The molecule has 2 saturated heterocycles. The SMILES string of the molecule is CC[C@]1(C)NC(=O)[C@H](CCCCCC(=O)[C@@H](C)O)NC(=O)[C@H]2CCCN2C(=O)[C@H](Cc2ccc(O)cc2)NC1=O.S. The van der Waals surface area contributed by atoms with E-state index >= 15 is 0 Å². The number of phenols is 1. The molecule has 0 aliphatic carbocycles. The molecule has 0 bridgehead atoms. The number of amides is 4. The second-order valence-electron chi connectivity index (χ2n) is 11.1. The maximum atomic E-state index is 13.7. The van der Waals surface area contributed by atoms with Gasteiger partial charge in [0.05, 0.1) is 0 Å². The van der Waals surface area contributed by atoms with Gasteiger partial charge in [-0.1, -0.05) is 31.9 Å². The fourth-order valence-electron chi connectivity index (χ4n) is 5.12. The molecule has 2 fully saturated rings. The molecule has 12 heteroatoms. The minimum Gasteiger partial charge on any atom is -0.508 e. The number of nitrogens with zero attached hydrogens (tertiary/aromatic N) is 1. The standard InChI is InChI=1S/C29H42N4O7.H2S/c1-4-29(3)28(40)31-22(17-19-12-14-20(35)15-13-19)27(39)33-16-8-10-23(33)26(38)30-21(25(37)32-29)9-6-5-7-11-24(36)18(2)34;/h12-15,18,21-23,34-35H,4-11,16-17H2,1-3H3,(H,30,38)(H,31,40)(H,32,37);1H2/t18-,21+,22+,23-,29+;/m1./s1. The number of ketones is 1. The lowest BCUT2D eigenvalue weighted by atomic mass is 9.94. The Bertz CT molecular complexity index is 1100. The van der Waals surface area contributed by atoms with Gasteiger partial charge in [-0.05, 0) is 63.6 Å². The molecule has 3 rings (SSSR count). The molecular formula is C29H44N4O7S. The maximum Gasteiger partial charge on any atom is 0.246 e. The van der Waals surface area contributed by atoms with Gasteiger partial charge in [-0.15, -0.1) is 0 Å². The number of carbonyl (C=O) groups is 5. The number of carbonyl (C=O) groups excluding carboxylic acids is 5. The predicted octanol–water partition coefficient (Wildman–Crippen LogP) is 1.21. The fourth-order valence-corrected chi connectivity index (χ4v) is 5.12. The summed E-state index contributed by atoms with van der Waals surface area (Å²) in [6, 6.07) is 3.71. The van der Waals surface area contributed by atoms with Crippen LogP contribution in [-0.2, 0) is 30.4 Å². The van der Waals surface area contributed by atoms with Crippen molar-refractivity contribution in [3.8, 4) is 5.75 Å². The Labute approximate surface area is 248 Å². The molecule has 5 atom stereocenters. The number of aliphatic hydroxyl groups is 1. The molecule has 0 aromatic heterocycles. The van der Waals surface area contributed by atoms with E-state index in [2.05, 4.69) is 16.0 Å². The first-order valence-electron chi connectivity index (χ1n) is 14.2. The number of benzene rings is 1.